The summed E-state index contributed by atoms with van der Waals surface area (Å²) in [5, 5.41) is 10.9. The van der Waals surface area contributed by atoms with E-state index in [2.05, 4.69) is 38.3 Å². The smallest absolute Gasteiger partial charge is 0.165 e. The van der Waals surface area contributed by atoms with Crippen molar-refractivity contribution in [3.8, 4) is 0 Å². The third kappa shape index (κ3) is 3.89. The largest absolute Gasteiger partial charge is 0.395 e. The van der Waals surface area contributed by atoms with Gasteiger partial charge >= 0.3 is 0 Å². The van der Waals surface area contributed by atoms with Crippen LogP contribution in [0.15, 0.2) is 42.1 Å². The summed E-state index contributed by atoms with van der Waals surface area (Å²) in [6.45, 7) is 3.47. The average molecular weight is 379 g/mol. The van der Waals surface area contributed by atoms with Gasteiger partial charge in [-0.3, -0.25) is 0 Å². The van der Waals surface area contributed by atoms with Crippen molar-refractivity contribution in [2.75, 3.05) is 16.9 Å². The Morgan fingerprint density at radius 2 is 2.04 bits per heavy atom. The first-order chi connectivity index (χ1) is 13.6. The first-order valence-electron chi connectivity index (χ1n) is 8.95. The lowest BCUT2D eigenvalue weighted by Crippen LogP contribution is -2.15. The van der Waals surface area contributed by atoms with Gasteiger partial charge in [-0.1, -0.05) is 12.1 Å². The van der Waals surface area contributed by atoms with Crippen molar-refractivity contribution in [3.63, 3.8) is 0 Å². The van der Waals surface area contributed by atoms with Gasteiger partial charge < -0.3 is 32.2 Å². The highest BCUT2D eigenvalue weighted by molar-refractivity contribution is 5.78. The van der Waals surface area contributed by atoms with Gasteiger partial charge in [0.2, 0.25) is 0 Å². The number of nitrogens with two attached hydrogens (primary N) is 3. The first kappa shape index (κ1) is 19.2. The van der Waals surface area contributed by atoms with Gasteiger partial charge in [0.05, 0.1) is 23.3 Å². The van der Waals surface area contributed by atoms with Gasteiger partial charge in [0.25, 0.3) is 0 Å². The van der Waals surface area contributed by atoms with E-state index in [4.69, 9.17) is 22.7 Å². The van der Waals surface area contributed by atoms with Gasteiger partial charge in [0.1, 0.15) is 11.6 Å². The Bertz CT molecular complexity index is 1020. The number of imidazole rings is 1. The van der Waals surface area contributed by atoms with Crippen molar-refractivity contribution in [2.45, 2.75) is 26.4 Å². The standard InChI is InChI=1S/C19H25N9/c1-2-28-15-6-4-3-5-14(15)25-17(28)11-24-10-12(9-20)7-13-8-16(21)26-19(27-23)18(13)22/h3-6,8-10,20,24H,2,7,11,22-23H2,1H3,(H3,21,26,27)/b12-10-,20-9?. The maximum Gasteiger partial charge on any atom is 0.165 e. The number of para-hydroxylation sites is 2. The number of aryl methyl sites for hydroxylation is 1. The highest BCUT2D eigenvalue weighted by atomic mass is 15.3. The molecule has 2 aromatic heterocycles. The van der Waals surface area contributed by atoms with Crippen LogP contribution in [-0.2, 0) is 19.5 Å². The third-order valence-electron chi connectivity index (χ3n) is 4.48. The number of hydrogen-bond acceptors (Lipinski definition) is 8. The molecule has 0 aliphatic carbocycles. The van der Waals surface area contributed by atoms with E-state index in [0.717, 1.165) is 34.5 Å². The van der Waals surface area contributed by atoms with E-state index >= 15 is 0 Å². The topological polar surface area (TPSA) is 157 Å². The Morgan fingerprint density at radius 1 is 1.25 bits per heavy atom. The molecule has 146 valence electrons. The lowest BCUT2D eigenvalue weighted by molar-refractivity contribution is 0.683. The van der Waals surface area contributed by atoms with Crippen LogP contribution < -0.4 is 28.1 Å². The SMILES string of the molecule is CCn1c(CN/C=C(\C=N)Cc2cc(N)nc(NN)c2N)nc2ccccc21. The van der Waals surface area contributed by atoms with Crippen molar-refractivity contribution in [3.05, 3.63) is 53.5 Å². The van der Waals surface area contributed by atoms with Crippen molar-refractivity contribution >= 4 is 34.6 Å². The second-order valence-corrected chi connectivity index (χ2v) is 6.30. The fourth-order valence-corrected chi connectivity index (χ4v) is 3.14. The predicted octanol–water partition coefficient (Wildman–Crippen LogP) is 1.77. The molecule has 0 spiro atoms. The van der Waals surface area contributed by atoms with Crippen LogP contribution >= 0.6 is 0 Å². The summed E-state index contributed by atoms with van der Waals surface area (Å²) in [5.41, 5.74) is 18.3. The molecule has 0 saturated heterocycles. The summed E-state index contributed by atoms with van der Waals surface area (Å²) in [6, 6.07) is 9.74. The maximum atomic E-state index is 7.70. The van der Waals surface area contributed by atoms with E-state index in [1.54, 1.807) is 12.3 Å². The van der Waals surface area contributed by atoms with Crippen LogP contribution in [0.2, 0.25) is 0 Å². The summed E-state index contributed by atoms with van der Waals surface area (Å²) in [7, 11) is 0. The molecule has 9 nitrogen and oxygen atoms in total. The fraction of sp³-hybridized carbons (Fsp3) is 0.211. The highest BCUT2D eigenvalue weighted by Gasteiger charge is 2.10. The predicted molar refractivity (Wildman–Crippen MR) is 114 cm³/mol. The molecular formula is C19H25N9. The number of nitrogen functional groups attached to an aromatic ring is 3. The number of nitrogens with one attached hydrogen (secondary N) is 3. The summed E-state index contributed by atoms with van der Waals surface area (Å²) >= 11 is 0. The number of hydrogen-bond donors (Lipinski definition) is 6. The van der Waals surface area contributed by atoms with Gasteiger partial charge in [-0.15, -0.1) is 0 Å². The van der Waals surface area contributed by atoms with Gasteiger partial charge in [0, 0.05) is 25.4 Å². The number of fused-ring (bicyclic) bond motifs is 1. The van der Waals surface area contributed by atoms with Crippen LogP contribution in [0.25, 0.3) is 11.0 Å². The van der Waals surface area contributed by atoms with Gasteiger partial charge in [0.15, 0.2) is 5.82 Å². The highest BCUT2D eigenvalue weighted by Crippen LogP contribution is 2.24. The Labute approximate surface area is 163 Å². The maximum absolute atomic E-state index is 7.70. The van der Waals surface area contributed by atoms with Crippen LogP contribution in [0.5, 0.6) is 0 Å². The Balaban J connectivity index is 1.76. The van der Waals surface area contributed by atoms with E-state index in [9.17, 15) is 0 Å². The van der Waals surface area contributed by atoms with Crippen molar-refractivity contribution in [2.24, 2.45) is 5.84 Å². The number of aromatic nitrogens is 3. The molecule has 9 heteroatoms. The van der Waals surface area contributed by atoms with E-state index in [-0.39, 0.29) is 0 Å². The quantitative estimate of drug-likeness (QED) is 0.198. The zero-order valence-corrected chi connectivity index (χ0v) is 15.7. The minimum atomic E-state index is 0.311. The van der Waals surface area contributed by atoms with E-state index in [1.807, 2.05) is 18.2 Å². The molecule has 0 atom stereocenters. The van der Waals surface area contributed by atoms with Crippen LogP contribution in [0, 0.1) is 5.41 Å². The number of anilines is 3. The van der Waals surface area contributed by atoms with Crippen LogP contribution in [0.3, 0.4) is 0 Å². The Hall–Kier alpha value is -3.59. The Morgan fingerprint density at radius 3 is 2.75 bits per heavy atom. The van der Waals surface area contributed by atoms with Gasteiger partial charge in [-0.25, -0.2) is 15.8 Å². The zero-order valence-electron chi connectivity index (χ0n) is 15.7. The van der Waals surface area contributed by atoms with E-state index in [1.165, 1.54) is 6.21 Å². The number of benzene rings is 1. The van der Waals surface area contributed by atoms with Gasteiger partial charge in [-0.2, -0.15) is 0 Å². The molecular weight excluding hydrogens is 354 g/mol. The normalized spacial score (nSPS) is 11.6. The molecule has 9 N–H and O–H groups in total. The summed E-state index contributed by atoms with van der Waals surface area (Å²) in [6.07, 6.45) is 3.49. The van der Waals surface area contributed by atoms with Crippen molar-refractivity contribution in [1.82, 2.24) is 19.9 Å². The number of hydrazine groups is 1. The zero-order chi connectivity index (χ0) is 20.1. The molecule has 0 saturated carbocycles. The van der Waals surface area contributed by atoms with Crippen LogP contribution in [0.4, 0.5) is 17.3 Å². The van der Waals surface area contributed by atoms with E-state index < -0.39 is 0 Å². The first-order valence-corrected chi connectivity index (χ1v) is 8.95. The second-order valence-electron chi connectivity index (χ2n) is 6.30. The molecule has 3 aromatic rings. The molecule has 28 heavy (non-hydrogen) atoms. The number of pyridine rings is 1. The molecule has 0 bridgehead atoms. The Kier molecular flexibility index (Phi) is 5.75. The van der Waals surface area contributed by atoms with Gasteiger partial charge in [-0.05, 0) is 36.3 Å². The van der Waals surface area contributed by atoms with Crippen LogP contribution in [0.1, 0.15) is 18.3 Å². The molecule has 2 heterocycles. The molecule has 0 fully saturated rings. The molecule has 3 rings (SSSR count). The van der Waals surface area contributed by atoms with Crippen molar-refractivity contribution < 1.29 is 0 Å². The molecule has 0 unspecified atom stereocenters. The lowest BCUT2D eigenvalue weighted by atomic mass is 10.1. The molecule has 0 radical (unpaired) electrons. The molecule has 1 aromatic carbocycles. The molecule has 0 aliphatic heterocycles. The number of rotatable bonds is 8. The monoisotopic (exact) mass is 379 g/mol. The number of nitrogens with zero attached hydrogens (tertiary/aromatic N) is 3. The third-order valence-corrected chi connectivity index (χ3v) is 4.48. The fourth-order valence-electron chi connectivity index (χ4n) is 3.14. The molecule has 0 amide bonds. The lowest BCUT2D eigenvalue weighted by Gasteiger charge is -2.12. The minimum Gasteiger partial charge on any atom is -0.395 e. The summed E-state index contributed by atoms with van der Waals surface area (Å²) in [4.78, 5) is 8.73. The summed E-state index contributed by atoms with van der Waals surface area (Å²) in [5.74, 6) is 7.00. The van der Waals surface area contributed by atoms with Crippen molar-refractivity contribution in [1.29, 1.82) is 5.41 Å². The molecule has 0 aliphatic rings. The minimum absolute atomic E-state index is 0.311. The van der Waals surface area contributed by atoms with Crippen LogP contribution in [-0.4, -0.2) is 20.7 Å². The number of allylic oxidation sites excluding steroid dienone is 1. The van der Waals surface area contributed by atoms with E-state index in [0.29, 0.717) is 30.3 Å². The second kappa shape index (κ2) is 8.40. The average Bonchev–Trinajstić information content (AvgIpc) is 3.06. The summed E-state index contributed by atoms with van der Waals surface area (Å²) < 4.78 is 2.17.